The molecule has 1 rings (SSSR count). The van der Waals surface area contributed by atoms with Gasteiger partial charge in [-0.1, -0.05) is 15.9 Å². The Morgan fingerprint density at radius 1 is 1.44 bits per heavy atom. The first-order valence-corrected chi connectivity index (χ1v) is 5.27. The van der Waals surface area contributed by atoms with Gasteiger partial charge in [-0.3, -0.25) is 4.79 Å². The Morgan fingerprint density at radius 2 is 1.94 bits per heavy atom. The molecule has 92 valence electrons. The van der Waals surface area contributed by atoms with E-state index in [1.807, 2.05) is 0 Å². The van der Waals surface area contributed by atoms with Crippen LogP contribution in [0.4, 0.5) is 13.2 Å². The highest BCUT2D eigenvalue weighted by Crippen LogP contribution is 2.30. The Hall–Kier alpha value is -0.980. The van der Waals surface area contributed by atoms with Crippen molar-refractivity contribution >= 4 is 22.3 Å². The van der Waals surface area contributed by atoms with Gasteiger partial charge in [-0.15, -0.1) is 0 Å². The minimum absolute atomic E-state index is 0.275. The third-order valence-electron chi connectivity index (χ3n) is 1.28. The topological polar surface area (TPSA) is 33.5 Å². The Kier molecular flexibility index (Phi) is 6.17. The maximum absolute atomic E-state index is 11.8. The summed E-state index contributed by atoms with van der Waals surface area (Å²) in [6, 6.07) is 2.20. The summed E-state index contributed by atoms with van der Waals surface area (Å²) in [5.41, 5.74) is 0. The molecule has 3 nitrogen and oxygen atoms in total. The maximum Gasteiger partial charge on any atom is 0.449 e. The van der Waals surface area contributed by atoms with Crippen LogP contribution in [-0.4, -0.2) is 25.4 Å². The first-order chi connectivity index (χ1) is 7.31. The molecular formula is C9H11BrF3NO2. The number of carbonyl (C=O) groups excluding carboxylic acids is 1. The van der Waals surface area contributed by atoms with Gasteiger partial charge in [0.1, 0.15) is 5.76 Å². The van der Waals surface area contributed by atoms with E-state index in [9.17, 15) is 18.0 Å². The summed E-state index contributed by atoms with van der Waals surface area (Å²) in [6.07, 6.45) is -3.62. The molecule has 0 aromatic carbocycles. The van der Waals surface area contributed by atoms with Crippen LogP contribution in [-0.2, 0) is 16.3 Å². The van der Waals surface area contributed by atoms with Crippen LogP contribution in [0.1, 0.15) is 11.5 Å². The van der Waals surface area contributed by atoms with E-state index in [1.165, 1.54) is 11.0 Å². The molecule has 0 saturated heterocycles. The summed E-state index contributed by atoms with van der Waals surface area (Å²) in [4.78, 5) is 10.9. The third kappa shape index (κ3) is 5.79. The van der Waals surface area contributed by atoms with Gasteiger partial charge < -0.3 is 9.32 Å². The van der Waals surface area contributed by atoms with Gasteiger partial charge in [-0.05, 0) is 12.1 Å². The maximum atomic E-state index is 11.8. The van der Waals surface area contributed by atoms with E-state index < -0.39 is 11.9 Å². The number of hydrogen-bond acceptors (Lipinski definition) is 2. The van der Waals surface area contributed by atoms with Crippen LogP contribution in [0, 0.1) is 0 Å². The summed E-state index contributed by atoms with van der Waals surface area (Å²) >= 11 is 2.98. The second-order valence-corrected chi connectivity index (χ2v) is 3.53. The van der Waals surface area contributed by atoms with Crippen molar-refractivity contribution in [2.45, 2.75) is 11.5 Å². The fourth-order valence-corrected chi connectivity index (χ4v) is 0.903. The van der Waals surface area contributed by atoms with Crippen molar-refractivity contribution in [3.8, 4) is 0 Å². The molecule has 1 amide bonds. The highest BCUT2D eigenvalue weighted by Gasteiger charge is 2.34. The van der Waals surface area contributed by atoms with Gasteiger partial charge >= 0.3 is 6.18 Å². The molecule has 0 bridgehead atoms. The summed E-state index contributed by atoms with van der Waals surface area (Å²) in [5, 5.41) is 0.295. The Morgan fingerprint density at radius 3 is 2.12 bits per heavy atom. The number of carbonyl (C=O) groups is 1. The summed E-state index contributed by atoms with van der Waals surface area (Å²) in [5.74, 6) is -0.677. The molecule has 0 spiro atoms. The lowest BCUT2D eigenvalue weighted by Crippen LogP contribution is -2.06. The van der Waals surface area contributed by atoms with E-state index in [2.05, 4.69) is 20.3 Å². The van der Waals surface area contributed by atoms with Crippen molar-refractivity contribution in [1.82, 2.24) is 4.90 Å². The first kappa shape index (κ1) is 15.0. The number of halogens is 4. The Labute approximate surface area is 99.3 Å². The van der Waals surface area contributed by atoms with Gasteiger partial charge in [0.2, 0.25) is 12.2 Å². The van der Waals surface area contributed by atoms with Crippen LogP contribution in [0.25, 0.3) is 0 Å². The molecule has 7 heteroatoms. The van der Waals surface area contributed by atoms with Crippen molar-refractivity contribution in [2.75, 3.05) is 14.1 Å². The average Bonchev–Trinajstić information content (AvgIpc) is 2.66. The van der Waals surface area contributed by atoms with Gasteiger partial charge in [0.05, 0.1) is 5.33 Å². The molecule has 0 aliphatic rings. The first-order valence-electron chi connectivity index (χ1n) is 4.15. The summed E-state index contributed by atoms with van der Waals surface area (Å²) < 4.78 is 39.9. The largest absolute Gasteiger partial charge is 0.456 e. The molecule has 0 radical (unpaired) electrons. The number of furan rings is 1. The van der Waals surface area contributed by atoms with Gasteiger partial charge in [0, 0.05) is 14.1 Å². The second kappa shape index (κ2) is 6.57. The molecule has 0 N–H and O–H groups in total. The second-order valence-electron chi connectivity index (χ2n) is 2.97. The van der Waals surface area contributed by atoms with Crippen molar-refractivity contribution in [3.05, 3.63) is 23.7 Å². The molecular weight excluding hydrogens is 291 g/mol. The van der Waals surface area contributed by atoms with E-state index in [0.717, 1.165) is 12.5 Å². The summed E-state index contributed by atoms with van der Waals surface area (Å²) in [7, 11) is 3.38. The van der Waals surface area contributed by atoms with E-state index in [1.54, 1.807) is 14.1 Å². The number of alkyl halides is 4. The molecule has 0 saturated carbocycles. The molecule has 1 aromatic rings. The van der Waals surface area contributed by atoms with Crippen molar-refractivity contribution in [2.24, 2.45) is 0 Å². The standard InChI is InChI=1S/C6H4BrF3O.C3H7NO/c7-3-4-1-2-5(11-4)6(8,9)10;1-4(2)3-5/h1-2H,3H2;3H,1-2H3. The zero-order chi connectivity index (χ0) is 12.8. The SMILES string of the molecule is CN(C)C=O.FC(F)(F)c1ccc(CBr)o1. The fraction of sp³-hybridized carbons (Fsp3) is 0.444. The number of nitrogens with zero attached hydrogens (tertiary/aromatic N) is 1. The van der Waals surface area contributed by atoms with Crippen LogP contribution < -0.4 is 0 Å². The predicted molar refractivity (Wildman–Crippen MR) is 56.1 cm³/mol. The number of rotatable bonds is 2. The average molecular weight is 302 g/mol. The Bertz CT molecular complexity index is 323. The molecule has 0 aliphatic carbocycles. The van der Waals surface area contributed by atoms with Crippen molar-refractivity contribution in [3.63, 3.8) is 0 Å². The zero-order valence-corrected chi connectivity index (χ0v) is 10.3. The third-order valence-corrected chi connectivity index (χ3v) is 1.84. The van der Waals surface area contributed by atoms with Crippen LogP contribution in [0.15, 0.2) is 16.5 Å². The van der Waals surface area contributed by atoms with E-state index in [4.69, 9.17) is 0 Å². The highest BCUT2D eigenvalue weighted by atomic mass is 79.9. The van der Waals surface area contributed by atoms with Crippen LogP contribution >= 0.6 is 15.9 Å². The predicted octanol–water partition coefficient (Wildman–Crippen LogP) is 2.90. The van der Waals surface area contributed by atoms with Crippen molar-refractivity contribution in [1.29, 1.82) is 0 Å². The molecule has 0 atom stereocenters. The van der Waals surface area contributed by atoms with Gasteiger partial charge in [-0.25, -0.2) is 0 Å². The number of amides is 1. The lowest BCUT2D eigenvalue weighted by atomic mass is 10.4. The molecule has 0 aliphatic heterocycles. The highest BCUT2D eigenvalue weighted by molar-refractivity contribution is 9.08. The van der Waals surface area contributed by atoms with Crippen LogP contribution in [0.3, 0.4) is 0 Å². The Balaban J connectivity index is 0.000000385. The monoisotopic (exact) mass is 301 g/mol. The minimum Gasteiger partial charge on any atom is -0.456 e. The molecule has 1 heterocycles. The van der Waals surface area contributed by atoms with Gasteiger partial charge in [0.25, 0.3) is 0 Å². The molecule has 0 unspecified atom stereocenters. The van der Waals surface area contributed by atoms with Gasteiger partial charge in [0.15, 0.2) is 0 Å². The smallest absolute Gasteiger partial charge is 0.449 e. The van der Waals surface area contributed by atoms with E-state index in [0.29, 0.717) is 5.33 Å². The quantitative estimate of drug-likeness (QED) is 0.622. The molecule has 0 fully saturated rings. The zero-order valence-electron chi connectivity index (χ0n) is 8.71. The van der Waals surface area contributed by atoms with Crippen molar-refractivity contribution < 1.29 is 22.4 Å². The van der Waals surface area contributed by atoms with E-state index in [-0.39, 0.29) is 5.76 Å². The fourth-order valence-electron chi connectivity index (χ4n) is 0.602. The number of hydrogen-bond donors (Lipinski definition) is 0. The van der Waals surface area contributed by atoms with Crippen LogP contribution in [0.2, 0.25) is 0 Å². The lowest BCUT2D eigenvalue weighted by molar-refractivity contribution is -0.153. The molecule has 1 aromatic heterocycles. The van der Waals surface area contributed by atoms with Gasteiger partial charge in [-0.2, -0.15) is 13.2 Å². The van der Waals surface area contributed by atoms with Crippen LogP contribution in [0.5, 0.6) is 0 Å². The minimum atomic E-state index is -4.37. The normalized spacial score (nSPS) is 10.4. The summed E-state index contributed by atoms with van der Waals surface area (Å²) in [6.45, 7) is 0. The molecule has 16 heavy (non-hydrogen) atoms. The lowest BCUT2D eigenvalue weighted by Gasteiger charge is -1.99. The van der Waals surface area contributed by atoms with E-state index >= 15 is 0 Å².